The van der Waals surface area contributed by atoms with Gasteiger partial charge in [0.1, 0.15) is 0 Å². The highest BCUT2D eigenvalue weighted by Gasteiger charge is 2.41. The van der Waals surface area contributed by atoms with Crippen molar-refractivity contribution >= 4 is 11.9 Å². The van der Waals surface area contributed by atoms with Gasteiger partial charge in [0.15, 0.2) is 0 Å². The van der Waals surface area contributed by atoms with Crippen molar-refractivity contribution in [3.05, 3.63) is 54.4 Å². The Balaban J connectivity index is 1.56. The number of carboxylic acids is 1. The number of nitrogens with zero attached hydrogens (tertiary/aromatic N) is 3. The van der Waals surface area contributed by atoms with Crippen LogP contribution in [-0.2, 0) is 22.7 Å². The van der Waals surface area contributed by atoms with Gasteiger partial charge in [0, 0.05) is 38.6 Å². The van der Waals surface area contributed by atoms with Gasteiger partial charge >= 0.3 is 5.97 Å². The van der Waals surface area contributed by atoms with Crippen molar-refractivity contribution < 1.29 is 14.7 Å². The lowest BCUT2D eigenvalue weighted by atomic mass is 9.95. The van der Waals surface area contributed by atoms with Crippen molar-refractivity contribution in [3.63, 3.8) is 0 Å². The lowest BCUT2D eigenvalue weighted by molar-refractivity contribution is -0.145. The highest BCUT2D eigenvalue weighted by atomic mass is 16.4. The van der Waals surface area contributed by atoms with E-state index in [2.05, 4.69) is 10.4 Å². The van der Waals surface area contributed by atoms with E-state index in [-0.39, 0.29) is 5.91 Å². The van der Waals surface area contributed by atoms with Gasteiger partial charge in [-0.15, -0.1) is 0 Å². The molecule has 0 unspecified atom stereocenters. The van der Waals surface area contributed by atoms with Crippen LogP contribution < -0.4 is 5.32 Å². The van der Waals surface area contributed by atoms with Gasteiger partial charge in [-0.05, 0) is 11.6 Å². The van der Waals surface area contributed by atoms with Crippen molar-refractivity contribution in [2.24, 2.45) is 11.8 Å². The quantitative estimate of drug-likeness (QED) is 0.778. The van der Waals surface area contributed by atoms with E-state index in [9.17, 15) is 14.7 Å². The molecule has 0 aliphatic carbocycles. The van der Waals surface area contributed by atoms with Gasteiger partial charge < -0.3 is 10.4 Å². The van der Waals surface area contributed by atoms with Gasteiger partial charge in [-0.25, -0.2) is 0 Å². The smallest absolute Gasteiger partial charge is 0.308 e. The van der Waals surface area contributed by atoms with Crippen LogP contribution in [0.4, 0.5) is 0 Å². The van der Waals surface area contributed by atoms with Crippen LogP contribution in [0, 0.1) is 11.8 Å². The summed E-state index contributed by atoms with van der Waals surface area (Å²) in [6, 6.07) is 11.7. The van der Waals surface area contributed by atoms with E-state index in [1.165, 1.54) is 0 Å². The van der Waals surface area contributed by atoms with Crippen LogP contribution in [0.25, 0.3) is 0 Å². The molecule has 3 rings (SSSR count). The van der Waals surface area contributed by atoms with E-state index in [1.54, 1.807) is 10.9 Å². The van der Waals surface area contributed by atoms with Gasteiger partial charge in [-0.2, -0.15) is 5.10 Å². The van der Waals surface area contributed by atoms with Gasteiger partial charge in [0.05, 0.1) is 18.4 Å². The van der Waals surface area contributed by atoms with E-state index < -0.39 is 17.8 Å². The first kappa shape index (κ1) is 17.2. The predicted octanol–water partition coefficient (Wildman–Crippen LogP) is 0.832. The van der Waals surface area contributed by atoms with Crippen molar-refractivity contribution in [2.75, 3.05) is 19.6 Å². The molecule has 2 heterocycles. The highest BCUT2D eigenvalue weighted by Crippen LogP contribution is 2.25. The van der Waals surface area contributed by atoms with Crippen molar-refractivity contribution in [1.82, 2.24) is 20.0 Å². The first-order valence-corrected chi connectivity index (χ1v) is 8.37. The summed E-state index contributed by atoms with van der Waals surface area (Å²) < 4.78 is 1.73. The minimum absolute atomic E-state index is 0.199. The molecule has 0 bridgehead atoms. The molecule has 1 aromatic heterocycles. The molecular formula is C18H22N4O3. The van der Waals surface area contributed by atoms with Gasteiger partial charge in [-0.3, -0.25) is 19.2 Å². The first-order valence-electron chi connectivity index (χ1n) is 8.37. The Labute approximate surface area is 146 Å². The molecule has 1 aromatic carbocycles. The van der Waals surface area contributed by atoms with E-state index in [1.807, 2.05) is 47.5 Å². The fourth-order valence-electron chi connectivity index (χ4n) is 3.23. The lowest BCUT2D eigenvalue weighted by Gasteiger charge is -2.16. The molecule has 1 fully saturated rings. The second kappa shape index (κ2) is 7.94. The molecule has 1 aliphatic heterocycles. The molecule has 7 heteroatoms. The zero-order valence-electron chi connectivity index (χ0n) is 13.9. The number of carboxylic acid groups (broad SMARTS) is 1. The maximum absolute atomic E-state index is 12.5. The number of carbonyl (C=O) groups is 2. The zero-order valence-corrected chi connectivity index (χ0v) is 13.9. The molecule has 1 saturated heterocycles. The Kier molecular flexibility index (Phi) is 5.45. The summed E-state index contributed by atoms with van der Waals surface area (Å²) in [5.74, 6) is -2.31. The van der Waals surface area contributed by atoms with Crippen molar-refractivity contribution in [2.45, 2.75) is 13.1 Å². The summed E-state index contributed by atoms with van der Waals surface area (Å²) in [6.45, 7) is 2.50. The monoisotopic (exact) mass is 342 g/mol. The molecule has 0 radical (unpaired) electrons. The molecule has 25 heavy (non-hydrogen) atoms. The molecular weight excluding hydrogens is 320 g/mol. The third-order valence-corrected chi connectivity index (χ3v) is 4.50. The molecule has 7 nitrogen and oxygen atoms in total. The number of rotatable bonds is 7. The topological polar surface area (TPSA) is 87.5 Å². The maximum Gasteiger partial charge on any atom is 0.308 e. The molecule has 2 N–H and O–H groups in total. The Hall–Kier alpha value is -2.67. The Morgan fingerprint density at radius 2 is 1.92 bits per heavy atom. The predicted molar refractivity (Wildman–Crippen MR) is 91.6 cm³/mol. The first-order chi connectivity index (χ1) is 12.1. The average molecular weight is 342 g/mol. The fourth-order valence-corrected chi connectivity index (χ4v) is 3.23. The summed E-state index contributed by atoms with van der Waals surface area (Å²) in [4.78, 5) is 26.0. The molecule has 1 amide bonds. The minimum Gasteiger partial charge on any atom is -0.481 e. The van der Waals surface area contributed by atoms with Gasteiger partial charge in [0.2, 0.25) is 5.91 Å². The molecule has 1 aliphatic rings. The van der Waals surface area contributed by atoms with Crippen LogP contribution in [0.3, 0.4) is 0 Å². The van der Waals surface area contributed by atoms with Crippen LogP contribution in [0.5, 0.6) is 0 Å². The average Bonchev–Trinajstić information content (AvgIpc) is 3.25. The number of benzene rings is 1. The van der Waals surface area contributed by atoms with Crippen LogP contribution >= 0.6 is 0 Å². The van der Waals surface area contributed by atoms with Gasteiger partial charge in [-0.1, -0.05) is 30.3 Å². The zero-order chi connectivity index (χ0) is 17.6. The summed E-state index contributed by atoms with van der Waals surface area (Å²) >= 11 is 0. The second-order valence-corrected chi connectivity index (χ2v) is 6.29. The molecule has 0 saturated carbocycles. The number of hydrogen-bond donors (Lipinski definition) is 2. The molecule has 2 atom stereocenters. The van der Waals surface area contributed by atoms with Crippen LogP contribution in [-0.4, -0.2) is 51.3 Å². The van der Waals surface area contributed by atoms with E-state index in [0.29, 0.717) is 32.7 Å². The number of aromatic nitrogens is 2. The van der Waals surface area contributed by atoms with Gasteiger partial charge in [0.25, 0.3) is 0 Å². The Morgan fingerprint density at radius 1 is 1.16 bits per heavy atom. The van der Waals surface area contributed by atoms with Crippen LogP contribution in [0.15, 0.2) is 48.8 Å². The summed E-state index contributed by atoms with van der Waals surface area (Å²) in [5.41, 5.74) is 1.12. The van der Waals surface area contributed by atoms with Crippen LogP contribution in [0.1, 0.15) is 5.56 Å². The third-order valence-electron chi connectivity index (χ3n) is 4.50. The third kappa shape index (κ3) is 4.45. The second-order valence-electron chi connectivity index (χ2n) is 6.29. The number of likely N-dealkylation sites (tertiary alicyclic amines) is 1. The molecule has 0 spiro atoms. The maximum atomic E-state index is 12.5. The number of aliphatic carboxylic acids is 1. The van der Waals surface area contributed by atoms with Crippen molar-refractivity contribution in [3.8, 4) is 0 Å². The largest absolute Gasteiger partial charge is 0.481 e. The number of hydrogen-bond acceptors (Lipinski definition) is 4. The Bertz CT molecular complexity index is 702. The van der Waals surface area contributed by atoms with Crippen LogP contribution in [0.2, 0.25) is 0 Å². The van der Waals surface area contributed by atoms with E-state index >= 15 is 0 Å². The summed E-state index contributed by atoms with van der Waals surface area (Å²) in [5, 5.41) is 16.4. The highest BCUT2D eigenvalue weighted by molar-refractivity contribution is 5.85. The van der Waals surface area contributed by atoms with E-state index in [0.717, 1.165) is 5.56 Å². The molecule has 132 valence electrons. The normalized spacial score (nSPS) is 20.5. The number of nitrogens with one attached hydrogen (secondary N) is 1. The lowest BCUT2D eigenvalue weighted by Crippen LogP contribution is -2.38. The Morgan fingerprint density at radius 3 is 2.60 bits per heavy atom. The number of amides is 1. The standard InChI is InChI=1S/C18H22N4O3/c23-17(19-8-10-22-9-4-7-20-22)15-12-21(13-16(15)18(24)25)11-14-5-2-1-3-6-14/h1-7,9,15-16H,8,10-13H2,(H,19,23)(H,24,25)/t15-,16+/m0/s1. The molecule has 2 aromatic rings. The summed E-state index contributed by atoms with van der Waals surface area (Å²) in [7, 11) is 0. The number of carbonyl (C=O) groups excluding carboxylic acids is 1. The van der Waals surface area contributed by atoms with Crippen molar-refractivity contribution in [1.29, 1.82) is 0 Å². The minimum atomic E-state index is -0.914. The van der Waals surface area contributed by atoms with E-state index in [4.69, 9.17) is 0 Å². The SMILES string of the molecule is O=C(NCCn1cccn1)[C@H]1CN(Cc2ccccc2)C[C@H]1C(=O)O. The fraction of sp³-hybridized carbons (Fsp3) is 0.389. The summed E-state index contributed by atoms with van der Waals surface area (Å²) in [6.07, 6.45) is 3.50.